The van der Waals surface area contributed by atoms with E-state index in [1.807, 2.05) is 35.2 Å². The maximum atomic E-state index is 12.6. The summed E-state index contributed by atoms with van der Waals surface area (Å²) < 4.78 is 5.34. The molecule has 130 valence electrons. The Morgan fingerprint density at radius 1 is 1.04 bits per heavy atom. The molecule has 0 aromatic heterocycles. The van der Waals surface area contributed by atoms with Gasteiger partial charge in [-0.3, -0.25) is 9.59 Å². The molecule has 0 aliphatic carbocycles. The molecule has 1 unspecified atom stereocenters. The Morgan fingerprint density at radius 2 is 1.67 bits per heavy atom. The van der Waals surface area contributed by atoms with Crippen molar-refractivity contribution in [2.45, 2.75) is 31.7 Å². The van der Waals surface area contributed by atoms with Crippen LogP contribution in [0.25, 0.3) is 0 Å². The van der Waals surface area contributed by atoms with Crippen molar-refractivity contribution >= 4 is 11.7 Å². The van der Waals surface area contributed by atoms with E-state index in [-0.39, 0.29) is 23.5 Å². The van der Waals surface area contributed by atoms with Gasteiger partial charge >= 0.3 is 0 Å². The second-order valence-electron chi connectivity index (χ2n) is 6.81. The maximum absolute atomic E-state index is 12.6. The number of hydrogen-bond donors (Lipinski definition) is 1. The SMILES string of the molecule is NC(C(=O)N1CCC(C(=O)c2ccccc2)CC1)C1CCOCC1. The maximum Gasteiger partial charge on any atom is 0.239 e. The first-order valence-corrected chi connectivity index (χ1v) is 8.88. The summed E-state index contributed by atoms with van der Waals surface area (Å²) in [4.78, 5) is 27.0. The first-order chi connectivity index (χ1) is 11.7. The van der Waals surface area contributed by atoms with Crippen molar-refractivity contribution < 1.29 is 14.3 Å². The molecule has 3 rings (SSSR count). The van der Waals surface area contributed by atoms with Crippen LogP contribution in [0.5, 0.6) is 0 Å². The van der Waals surface area contributed by atoms with Crippen LogP contribution in [0.4, 0.5) is 0 Å². The van der Waals surface area contributed by atoms with E-state index in [4.69, 9.17) is 10.5 Å². The molecule has 2 fully saturated rings. The molecule has 2 aliphatic heterocycles. The summed E-state index contributed by atoms with van der Waals surface area (Å²) >= 11 is 0. The number of amides is 1. The summed E-state index contributed by atoms with van der Waals surface area (Å²) in [5.41, 5.74) is 6.96. The van der Waals surface area contributed by atoms with Gasteiger partial charge in [-0.15, -0.1) is 0 Å². The second-order valence-corrected chi connectivity index (χ2v) is 6.81. The Morgan fingerprint density at radius 3 is 2.29 bits per heavy atom. The van der Waals surface area contributed by atoms with Crippen LogP contribution in [0.2, 0.25) is 0 Å². The quantitative estimate of drug-likeness (QED) is 0.855. The first-order valence-electron chi connectivity index (χ1n) is 8.88. The summed E-state index contributed by atoms with van der Waals surface area (Å²) in [5, 5.41) is 0. The van der Waals surface area contributed by atoms with Crippen LogP contribution in [0.1, 0.15) is 36.0 Å². The molecule has 1 aromatic carbocycles. The largest absolute Gasteiger partial charge is 0.381 e. The summed E-state index contributed by atoms with van der Waals surface area (Å²) in [6.07, 6.45) is 3.16. The van der Waals surface area contributed by atoms with Gasteiger partial charge in [-0.25, -0.2) is 0 Å². The van der Waals surface area contributed by atoms with E-state index in [0.717, 1.165) is 31.2 Å². The molecule has 24 heavy (non-hydrogen) atoms. The zero-order valence-electron chi connectivity index (χ0n) is 14.0. The number of Topliss-reactive ketones (excluding diaryl/α,β-unsaturated/α-hetero) is 1. The lowest BCUT2D eigenvalue weighted by Crippen LogP contribution is -2.51. The molecule has 0 saturated carbocycles. The third-order valence-electron chi connectivity index (χ3n) is 5.29. The molecule has 1 amide bonds. The molecular weight excluding hydrogens is 304 g/mol. The summed E-state index contributed by atoms with van der Waals surface area (Å²) in [6, 6.07) is 8.98. The van der Waals surface area contributed by atoms with Gasteiger partial charge in [0.25, 0.3) is 0 Å². The zero-order valence-corrected chi connectivity index (χ0v) is 14.0. The number of carbonyl (C=O) groups is 2. The molecule has 0 radical (unpaired) electrons. The van der Waals surface area contributed by atoms with Crippen molar-refractivity contribution in [3.05, 3.63) is 35.9 Å². The van der Waals surface area contributed by atoms with E-state index in [9.17, 15) is 9.59 Å². The van der Waals surface area contributed by atoms with Gasteiger partial charge in [0, 0.05) is 37.8 Å². The molecule has 2 saturated heterocycles. The van der Waals surface area contributed by atoms with Crippen molar-refractivity contribution in [2.75, 3.05) is 26.3 Å². The lowest BCUT2D eigenvalue weighted by atomic mass is 9.87. The third-order valence-corrected chi connectivity index (χ3v) is 5.29. The molecule has 2 heterocycles. The Bertz CT molecular complexity index is 561. The van der Waals surface area contributed by atoms with Gasteiger partial charge in [0.15, 0.2) is 5.78 Å². The van der Waals surface area contributed by atoms with E-state index in [0.29, 0.717) is 26.3 Å². The van der Waals surface area contributed by atoms with Crippen LogP contribution >= 0.6 is 0 Å². The number of hydrogen-bond acceptors (Lipinski definition) is 4. The molecule has 0 spiro atoms. The van der Waals surface area contributed by atoms with Gasteiger partial charge < -0.3 is 15.4 Å². The van der Waals surface area contributed by atoms with Crippen molar-refractivity contribution in [2.24, 2.45) is 17.6 Å². The molecule has 5 heteroatoms. The fourth-order valence-electron chi connectivity index (χ4n) is 3.69. The van der Waals surface area contributed by atoms with Crippen LogP contribution in [-0.2, 0) is 9.53 Å². The molecule has 2 aliphatic rings. The van der Waals surface area contributed by atoms with Crippen LogP contribution < -0.4 is 5.73 Å². The normalized spacial score (nSPS) is 21.5. The Kier molecular flexibility index (Phi) is 5.63. The fourth-order valence-corrected chi connectivity index (χ4v) is 3.69. The van der Waals surface area contributed by atoms with Crippen molar-refractivity contribution in [3.8, 4) is 0 Å². The number of carbonyl (C=O) groups excluding carboxylic acids is 2. The van der Waals surface area contributed by atoms with E-state index in [1.54, 1.807) is 0 Å². The number of nitrogens with two attached hydrogens (primary N) is 1. The van der Waals surface area contributed by atoms with Gasteiger partial charge in [-0.1, -0.05) is 30.3 Å². The molecule has 1 atom stereocenters. The number of benzene rings is 1. The lowest BCUT2D eigenvalue weighted by Gasteiger charge is -2.35. The number of likely N-dealkylation sites (tertiary alicyclic amines) is 1. The van der Waals surface area contributed by atoms with Gasteiger partial charge in [0.05, 0.1) is 6.04 Å². The molecule has 1 aromatic rings. The molecule has 0 bridgehead atoms. The van der Waals surface area contributed by atoms with Crippen LogP contribution in [0, 0.1) is 11.8 Å². The highest BCUT2D eigenvalue weighted by Gasteiger charge is 2.33. The van der Waals surface area contributed by atoms with E-state index >= 15 is 0 Å². The Labute approximate surface area is 143 Å². The monoisotopic (exact) mass is 330 g/mol. The van der Waals surface area contributed by atoms with E-state index in [2.05, 4.69) is 0 Å². The zero-order chi connectivity index (χ0) is 16.9. The van der Waals surface area contributed by atoms with Crippen LogP contribution in [-0.4, -0.2) is 48.9 Å². The number of rotatable bonds is 4. The number of piperidine rings is 1. The van der Waals surface area contributed by atoms with Gasteiger partial charge in [0.1, 0.15) is 0 Å². The molecule has 5 nitrogen and oxygen atoms in total. The van der Waals surface area contributed by atoms with Gasteiger partial charge in [-0.05, 0) is 31.6 Å². The Balaban J connectivity index is 1.52. The highest BCUT2D eigenvalue weighted by atomic mass is 16.5. The minimum Gasteiger partial charge on any atom is -0.381 e. The van der Waals surface area contributed by atoms with Crippen molar-refractivity contribution in [1.82, 2.24) is 4.90 Å². The predicted molar refractivity (Wildman–Crippen MR) is 91.6 cm³/mol. The fraction of sp³-hybridized carbons (Fsp3) is 0.579. The van der Waals surface area contributed by atoms with Crippen LogP contribution in [0.15, 0.2) is 30.3 Å². The lowest BCUT2D eigenvalue weighted by molar-refractivity contribution is -0.136. The summed E-state index contributed by atoms with van der Waals surface area (Å²) in [5.74, 6) is 0.453. The van der Waals surface area contributed by atoms with Crippen LogP contribution in [0.3, 0.4) is 0 Å². The topological polar surface area (TPSA) is 72.6 Å². The standard InChI is InChI=1S/C19H26N2O3/c20-17(14-8-12-24-13-9-14)19(23)21-10-6-16(7-11-21)18(22)15-4-2-1-3-5-15/h1-5,14,16-17H,6-13,20H2. The van der Waals surface area contributed by atoms with Gasteiger partial charge in [-0.2, -0.15) is 0 Å². The first kappa shape index (κ1) is 17.1. The summed E-state index contributed by atoms with van der Waals surface area (Å²) in [7, 11) is 0. The highest BCUT2D eigenvalue weighted by Crippen LogP contribution is 2.24. The van der Waals surface area contributed by atoms with Crippen molar-refractivity contribution in [1.29, 1.82) is 0 Å². The van der Waals surface area contributed by atoms with Crippen molar-refractivity contribution in [3.63, 3.8) is 0 Å². The summed E-state index contributed by atoms with van der Waals surface area (Å²) in [6.45, 7) is 2.64. The third kappa shape index (κ3) is 3.84. The highest BCUT2D eigenvalue weighted by molar-refractivity contribution is 5.98. The average Bonchev–Trinajstić information content (AvgIpc) is 2.68. The van der Waals surface area contributed by atoms with Gasteiger partial charge in [0.2, 0.25) is 5.91 Å². The van der Waals surface area contributed by atoms with E-state index < -0.39 is 6.04 Å². The molecular formula is C19H26N2O3. The predicted octanol–water partition coefficient (Wildman–Crippen LogP) is 1.86. The number of nitrogens with zero attached hydrogens (tertiary/aromatic N) is 1. The molecule has 2 N–H and O–H groups in total. The van der Waals surface area contributed by atoms with E-state index in [1.165, 1.54) is 0 Å². The second kappa shape index (κ2) is 7.90. The minimum atomic E-state index is -0.435. The Hall–Kier alpha value is -1.72. The number of ketones is 1. The number of ether oxygens (including phenoxy) is 1. The average molecular weight is 330 g/mol. The smallest absolute Gasteiger partial charge is 0.239 e. The minimum absolute atomic E-state index is 0.00996.